The first-order valence-electron chi connectivity index (χ1n) is 7.68. The lowest BCUT2D eigenvalue weighted by molar-refractivity contribution is -0.162. The number of hydrogen-bond donors (Lipinski definition) is 2. The number of nitrogens with one attached hydrogen (secondary N) is 1. The van der Waals surface area contributed by atoms with E-state index in [4.69, 9.17) is 14.2 Å². The Balaban J connectivity index is 1.58. The molecule has 1 aliphatic rings. The lowest BCUT2D eigenvalue weighted by atomic mass is 10.1. The zero-order chi connectivity index (χ0) is 17.8. The Morgan fingerprint density at radius 2 is 1.84 bits per heavy atom. The number of carbonyl (C=O) groups excluding carboxylic acids is 2. The minimum Gasteiger partial charge on any atom is -0.454 e. The Labute approximate surface area is 144 Å². The number of carbonyl (C=O) groups is 2. The van der Waals surface area contributed by atoms with Gasteiger partial charge in [0.2, 0.25) is 6.79 Å². The summed E-state index contributed by atoms with van der Waals surface area (Å²) in [5.41, 5.74) is 0.886. The van der Waals surface area contributed by atoms with Gasteiger partial charge in [0.15, 0.2) is 23.7 Å². The van der Waals surface area contributed by atoms with Gasteiger partial charge < -0.3 is 24.6 Å². The number of fused-ring (bicyclic) bond motifs is 1. The van der Waals surface area contributed by atoms with E-state index in [2.05, 4.69) is 5.32 Å². The Kier molecular flexibility index (Phi) is 4.85. The molecule has 7 nitrogen and oxygen atoms in total. The predicted molar refractivity (Wildman–Crippen MR) is 88.2 cm³/mol. The maximum Gasteiger partial charge on any atom is 0.340 e. The summed E-state index contributed by atoms with van der Waals surface area (Å²) in [5.74, 6) is -0.280. The molecule has 2 N–H and O–H groups in total. The van der Waals surface area contributed by atoms with Crippen molar-refractivity contribution >= 4 is 17.6 Å². The van der Waals surface area contributed by atoms with Crippen LogP contribution in [0.3, 0.4) is 0 Å². The summed E-state index contributed by atoms with van der Waals surface area (Å²) in [6.45, 7) is 1.57. The quantitative estimate of drug-likeness (QED) is 0.807. The molecule has 1 amide bonds. The molecule has 1 aliphatic heterocycles. The van der Waals surface area contributed by atoms with Gasteiger partial charge in [-0.1, -0.05) is 30.3 Å². The van der Waals surface area contributed by atoms with Crippen molar-refractivity contribution in [2.24, 2.45) is 0 Å². The van der Waals surface area contributed by atoms with Gasteiger partial charge in [-0.25, -0.2) is 4.79 Å². The van der Waals surface area contributed by atoms with Gasteiger partial charge in [-0.15, -0.1) is 0 Å². The molecular formula is C18H17NO6. The highest BCUT2D eigenvalue weighted by Gasteiger charge is 2.25. The molecular weight excluding hydrogens is 326 g/mol. The number of aliphatic hydroxyl groups excluding tert-OH is 1. The number of amides is 1. The van der Waals surface area contributed by atoms with Gasteiger partial charge in [-0.2, -0.15) is 0 Å². The van der Waals surface area contributed by atoms with Crippen LogP contribution in [0.25, 0.3) is 0 Å². The van der Waals surface area contributed by atoms with Gasteiger partial charge in [0.1, 0.15) is 0 Å². The molecule has 2 aromatic carbocycles. The molecule has 3 rings (SSSR count). The van der Waals surface area contributed by atoms with Crippen molar-refractivity contribution in [1.82, 2.24) is 0 Å². The van der Waals surface area contributed by atoms with E-state index in [1.54, 1.807) is 48.5 Å². The third kappa shape index (κ3) is 3.89. The summed E-state index contributed by atoms with van der Waals surface area (Å²) in [6.07, 6.45) is -2.52. The van der Waals surface area contributed by atoms with Crippen LogP contribution in [0, 0.1) is 0 Å². The van der Waals surface area contributed by atoms with Crippen LogP contribution in [0.2, 0.25) is 0 Å². The van der Waals surface area contributed by atoms with Gasteiger partial charge in [0, 0.05) is 11.8 Å². The molecule has 25 heavy (non-hydrogen) atoms. The Bertz CT molecular complexity index is 776. The Morgan fingerprint density at radius 1 is 1.12 bits per heavy atom. The first-order valence-corrected chi connectivity index (χ1v) is 7.68. The second-order valence-electron chi connectivity index (χ2n) is 5.45. The zero-order valence-corrected chi connectivity index (χ0v) is 13.5. The van der Waals surface area contributed by atoms with Crippen LogP contribution in [0.15, 0.2) is 48.5 Å². The third-order valence-electron chi connectivity index (χ3n) is 3.64. The lowest BCUT2D eigenvalue weighted by Crippen LogP contribution is -2.31. The number of benzene rings is 2. The number of rotatable bonds is 5. The van der Waals surface area contributed by atoms with Crippen molar-refractivity contribution in [3.05, 3.63) is 54.1 Å². The molecule has 7 heteroatoms. The summed E-state index contributed by atoms with van der Waals surface area (Å²) in [4.78, 5) is 24.1. The fraction of sp³-hybridized carbons (Fsp3) is 0.222. The Hall–Kier alpha value is -3.06. The number of hydrogen-bond acceptors (Lipinski definition) is 6. The van der Waals surface area contributed by atoms with Gasteiger partial charge in [0.25, 0.3) is 5.91 Å². The summed E-state index contributed by atoms with van der Waals surface area (Å²) in [6, 6.07) is 13.3. The predicted octanol–water partition coefficient (Wildman–Crippen LogP) is 2.02. The molecule has 0 saturated carbocycles. The summed E-state index contributed by atoms with van der Waals surface area (Å²) in [7, 11) is 0. The number of anilines is 1. The van der Waals surface area contributed by atoms with E-state index in [0.29, 0.717) is 22.7 Å². The molecule has 0 fully saturated rings. The highest BCUT2D eigenvalue weighted by Crippen LogP contribution is 2.34. The number of esters is 1. The van der Waals surface area contributed by atoms with Crippen LogP contribution >= 0.6 is 0 Å². The molecule has 0 aliphatic carbocycles. The van der Waals surface area contributed by atoms with Crippen molar-refractivity contribution in [2.75, 3.05) is 12.1 Å². The minimum absolute atomic E-state index is 0.137. The molecule has 0 saturated heterocycles. The van der Waals surface area contributed by atoms with Gasteiger partial charge >= 0.3 is 5.97 Å². The van der Waals surface area contributed by atoms with Crippen LogP contribution in [0.4, 0.5) is 5.69 Å². The van der Waals surface area contributed by atoms with Crippen molar-refractivity contribution in [1.29, 1.82) is 0 Å². The minimum atomic E-state index is -1.44. The average Bonchev–Trinajstić information content (AvgIpc) is 3.09. The molecule has 2 atom stereocenters. The average molecular weight is 343 g/mol. The summed E-state index contributed by atoms with van der Waals surface area (Å²) >= 11 is 0. The second-order valence-corrected chi connectivity index (χ2v) is 5.45. The molecule has 1 heterocycles. The van der Waals surface area contributed by atoms with E-state index in [-0.39, 0.29) is 6.79 Å². The number of aliphatic hydroxyl groups is 1. The molecule has 0 radical (unpaired) electrons. The van der Waals surface area contributed by atoms with Crippen molar-refractivity contribution in [3.8, 4) is 11.5 Å². The van der Waals surface area contributed by atoms with E-state index >= 15 is 0 Å². The van der Waals surface area contributed by atoms with Crippen molar-refractivity contribution in [2.45, 2.75) is 19.1 Å². The number of ether oxygens (including phenoxy) is 3. The Morgan fingerprint density at radius 3 is 2.60 bits per heavy atom. The second kappa shape index (κ2) is 7.23. The molecule has 130 valence electrons. The summed E-state index contributed by atoms with van der Waals surface area (Å²) in [5, 5.41) is 12.6. The highest BCUT2D eigenvalue weighted by atomic mass is 16.7. The standard InChI is InChI=1S/C18H17NO6/c1-11(25-18(22)16(20)12-5-3-2-4-6-12)17(21)19-13-7-8-14-15(9-13)24-10-23-14/h2-9,11,16,20H,10H2,1H3,(H,19,21)/t11-,16-/m1/s1. The van der Waals surface area contributed by atoms with Gasteiger partial charge in [-0.05, 0) is 24.6 Å². The molecule has 0 aromatic heterocycles. The lowest BCUT2D eigenvalue weighted by Gasteiger charge is -2.16. The SMILES string of the molecule is C[C@@H](OC(=O)[C@H](O)c1ccccc1)C(=O)Nc1ccc2c(c1)OCO2. The highest BCUT2D eigenvalue weighted by molar-refractivity contribution is 5.95. The van der Waals surface area contributed by atoms with Crippen molar-refractivity contribution < 1.29 is 28.9 Å². The zero-order valence-electron chi connectivity index (χ0n) is 13.5. The van der Waals surface area contributed by atoms with E-state index in [9.17, 15) is 14.7 Å². The van der Waals surface area contributed by atoms with E-state index in [1.807, 2.05) is 0 Å². The van der Waals surface area contributed by atoms with Crippen molar-refractivity contribution in [3.63, 3.8) is 0 Å². The molecule has 0 bridgehead atoms. The molecule has 0 unspecified atom stereocenters. The van der Waals surface area contributed by atoms with Gasteiger partial charge in [-0.3, -0.25) is 4.79 Å². The first kappa shape index (κ1) is 16.8. The van der Waals surface area contributed by atoms with E-state index < -0.39 is 24.1 Å². The topological polar surface area (TPSA) is 94.1 Å². The monoisotopic (exact) mass is 343 g/mol. The van der Waals surface area contributed by atoms with Crippen LogP contribution in [-0.4, -0.2) is 29.9 Å². The van der Waals surface area contributed by atoms with E-state index in [1.165, 1.54) is 6.92 Å². The summed E-state index contributed by atoms with van der Waals surface area (Å²) < 4.78 is 15.5. The van der Waals surface area contributed by atoms with Crippen LogP contribution in [0.5, 0.6) is 11.5 Å². The largest absolute Gasteiger partial charge is 0.454 e. The fourth-order valence-electron chi connectivity index (χ4n) is 2.28. The molecule has 2 aromatic rings. The molecule has 0 spiro atoms. The van der Waals surface area contributed by atoms with Gasteiger partial charge in [0.05, 0.1) is 0 Å². The maximum absolute atomic E-state index is 12.2. The van der Waals surface area contributed by atoms with Crippen LogP contribution in [0.1, 0.15) is 18.6 Å². The smallest absolute Gasteiger partial charge is 0.340 e. The fourth-order valence-corrected chi connectivity index (χ4v) is 2.28. The van der Waals surface area contributed by atoms with Crippen LogP contribution < -0.4 is 14.8 Å². The van der Waals surface area contributed by atoms with E-state index in [0.717, 1.165) is 0 Å². The third-order valence-corrected chi connectivity index (χ3v) is 3.64. The van der Waals surface area contributed by atoms with Crippen LogP contribution in [-0.2, 0) is 14.3 Å². The maximum atomic E-state index is 12.2. The first-order chi connectivity index (χ1) is 12.0. The normalized spacial score (nSPS) is 14.5.